The third-order valence-corrected chi connectivity index (χ3v) is 4.35. The topological polar surface area (TPSA) is 85.8 Å². The summed E-state index contributed by atoms with van der Waals surface area (Å²) in [5.41, 5.74) is 3.04. The highest BCUT2D eigenvalue weighted by Crippen LogP contribution is 2.16. The van der Waals surface area contributed by atoms with Crippen molar-refractivity contribution in [2.75, 3.05) is 26.2 Å². The van der Waals surface area contributed by atoms with Crippen LogP contribution in [0.4, 0.5) is 0 Å². The van der Waals surface area contributed by atoms with Gasteiger partial charge in [0.1, 0.15) is 5.75 Å². The van der Waals surface area contributed by atoms with Gasteiger partial charge in [0.05, 0.1) is 0 Å². The van der Waals surface area contributed by atoms with E-state index in [-0.39, 0.29) is 35.6 Å². The second-order valence-electron chi connectivity index (χ2n) is 6.76. The van der Waals surface area contributed by atoms with Crippen molar-refractivity contribution < 1.29 is 9.90 Å². The minimum Gasteiger partial charge on any atom is -0.508 e. The Labute approximate surface area is 190 Å². The molecule has 1 amide bonds. The molecular weight excluding hydrogens is 479 g/mol. The van der Waals surface area contributed by atoms with E-state index in [2.05, 4.69) is 59.1 Å². The second-order valence-corrected chi connectivity index (χ2v) is 6.76. The number of benzene rings is 2. The maximum atomic E-state index is 12.1. The summed E-state index contributed by atoms with van der Waals surface area (Å²) in [5.74, 6) is 1.03. The molecule has 0 spiro atoms. The highest BCUT2D eigenvalue weighted by Gasteiger charge is 2.07. The van der Waals surface area contributed by atoms with Crippen LogP contribution < -0.4 is 16.0 Å². The number of nitrogens with zero attached hydrogens (tertiary/aromatic N) is 1. The molecule has 0 aliphatic rings. The normalized spacial score (nSPS) is 11.9. The van der Waals surface area contributed by atoms with Crippen LogP contribution >= 0.6 is 24.0 Å². The lowest BCUT2D eigenvalue weighted by molar-refractivity contribution is 0.0954. The van der Waals surface area contributed by atoms with Crippen LogP contribution in [-0.2, 0) is 0 Å². The van der Waals surface area contributed by atoms with E-state index in [1.807, 2.05) is 6.92 Å². The number of hydrogen-bond acceptors (Lipinski definition) is 3. The van der Waals surface area contributed by atoms with Crippen LogP contribution in [-0.4, -0.2) is 43.2 Å². The SMILES string of the molecule is CCNC(=NCC(C)c1ccc(C)cc1)NCCNC(=O)c1ccc(O)cc1.I. The Hall–Kier alpha value is -2.29. The second kappa shape index (κ2) is 13.0. The quantitative estimate of drug-likeness (QED) is 0.190. The fourth-order valence-electron chi connectivity index (χ4n) is 2.64. The molecule has 0 radical (unpaired) electrons. The molecule has 0 aliphatic carbocycles. The molecule has 0 heterocycles. The van der Waals surface area contributed by atoms with E-state index in [1.165, 1.54) is 23.3 Å². The standard InChI is InChI=1S/C22H30N4O2.HI/c1-4-23-22(26-15-17(3)18-7-5-16(2)6-8-18)25-14-13-24-21(28)19-9-11-20(27)12-10-19;/h5-12,17,27H,4,13-15H2,1-3H3,(H,24,28)(H2,23,25,26);1H. The van der Waals surface area contributed by atoms with Gasteiger partial charge in [-0.1, -0.05) is 36.8 Å². The van der Waals surface area contributed by atoms with E-state index in [0.717, 1.165) is 12.5 Å². The molecule has 2 aromatic rings. The summed E-state index contributed by atoms with van der Waals surface area (Å²) in [6.45, 7) is 8.75. The van der Waals surface area contributed by atoms with Crippen molar-refractivity contribution in [2.45, 2.75) is 26.7 Å². The van der Waals surface area contributed by atoms with Gasteiger partial charge in [-0.25, -0.2) is 0 Å². The molecule has 1 atom stereocenters. The zero-order valence-corrected chi connectivity index (χ0v) is 19.6. The fourth-order valence-corrected chi connectivity index (χ4v) is 2.64. The molecule has 1 unspecified atom stereocenters. The highest BCUT2D eigenvalue weighted by atomic mass is 127. The summed E-state index contributed by atoms with van der Waals surface area (Å²) in [6.07, 6.45) is 0. The lowest BCUT2D eigenvalue weighted by atomic mass is 10.0. The highest BCUT2D eigenvalue weighted by molar-refractivity contribution is 14.0. The van der Waals surface area contributed by atoms with Crippen molar-refractivity contribution in [2.24, 2.45) is 4.99 Å². The van der Waals surface area contributed by atoms with Crippen LogP contribution in [0, 0.1) is 6.92 Å². The number of carbonyl (C=O) groups is 1. The third kappa shape index (κ3) is 8.72. The lowest BCUT2D eigenvalue weighted by Gasteiger charge is -2.14. The van der Waals surface area contributed by atoms with Crippen LogP contribution in [0.5, 0.6) is 5.75 Å². The third-order valence-electron chi connectivity index (χ3n) is 4.35. The predicted octanol–water partition coefficient (Wildman–Crippen LogP) is 3.41. The van der Waals surface area contributed by atoms with Crippen molar-refractivity contribution in [1.29, 1.82) is 0 Å². The Morgan fingerprint density at radius 3 is 2.24 bits per heavy atom. The molecule has 0 aromatic heterocycles. The predicted molar refractivity (Wildman–Crippen MR) is 129 cm³/mol. The number of nitrogens with one attached hydrogen (secondary N) is 3. The Morgan fingerprint density at radius 2 is 1.62 bits per heavy atom. The summed E-state index contributed by atoms with van der Waals surface area (Å²) in [7, 11) is 0. The molecule has 0 bridgehead atoms. The van der Waals surface area contributed by atoms with Gasteiger partial charge in [-0.2, -0.15) is 0 Å². The summed E-state index contributed by atoms with van der Waals surface area (Å²) in [6, 6.07) is 14.7. The van der Waals surface area contributed by atoms with Gasteiger partial charge in [0, 0.05) is 37.7 Å². The molecule has 2 rings (SSSR count). The average molecular weight is 510 g/mol. The zero-order chi connectivity index (χ0) is 20.4. The van der Waals surface area contributed by atoms with E-state index in [4.69, 9.17) is 0 Å². The van der Waals surface area contributed by atoms with E-state index < -0.39 is 0 Å². The molecule has 0 saturated carbocycles. The summed E-state index contributed by atoms with van der Waals surface area (Å²) >= 11 is 0. The number of halogens is 1. The maximum absolute atomic E-state index is 12.1. The van der Waals surface area contributed by atoms with Crippen LogP contribution in [0.15, 0.2) is 53.5 Å². The van der Waals surface area contributed by atoms with Gasteiger partial charge in [0.25, 0.3) is 5.91 Å². The number of amides is 1. The summed E-state index contributed by atoms with van der Waals surface area (Å²) < 4.78 is 0. The number of carbonyl (C=O) groups excluding carboxylic acids is 1. The minimum atomic E-state index is -0.170. The number of aryl methyl sites for hydroxylation is 1. The van der Waals surface area contributed by atoms with Gasteiger partial charge in [-0.15, -0.1) is 24.0 Å². The Morgan fingerprint density at radius 1 is 1.00 bits per heavy atom. The first-order valence-corrected chi connectivity index (χ1v) is 9.65. The summed E-state index contributed by atoms with van der Waals surface area (Å²) in [5, 5.41) is 18.6. The number of rotatable bonds is 8. The molecule has 7 heteroatoms. The smallest absolute Gasteiger partial charge is 0.251 e. The van der Waals surface area contributed by atoms with Crippen molar-refractivity contribution in [3.05, 3.63) is 65.2 Å². The van der Waals surface area contributed by atoms with Crippen LogP contribution in [0.25, 0.3) is 0 Å². The van der Waals surface area contributed by atoms with E-state index in [1.54, 1.807) is 12.1 Å². The molecule has 29 heavy (non-hydrogen) atoms. The average Bonchev–Trinajstić information content (AvgIpc) is 2.70. The number of phenols is 1. The van der Waals surface area contributed by atoms with Crippen LogP contribution in [0.3, 0.4) is 0 Å². The zero-order valence-electron chi connectivity index (χ0n) is 17.2. The first kappa shape index (κ1) is 24.7. The molecular formula is C22H31IN4O2. The largest absolute Gasteiger partial charge is 0.508 e. The van der Waals surface area contributed by atoms with Gasteiger partial charge in [0.2, 0.25) is 0 Å². The van der Waals surface area contributed by atoms with Gasteiger partial charge in [0.15, 0.2) is 5.96 Å². The minimum absolute atomic E-state index is 0. The molecule has 2 aromatic carbocycles. The molecule has 0 saturated heterocycles. The Bertz CT molecular complexity index is 776. The van der Waals surface area contributed by atoms with Crippen molar-refractivity contribution in [1.82, 2.24) is 16.0 Å². The van der Waals surface area contributed by atoms with Crippen molar-refractivity contribution >= 4 is 35.8 Å². The molecule has 6 nitrogen and oxygen atoms in total. The number of guanidine groups is 1. The summed E-state index contributed by atoms with van der Waals surface area (Å²) in [4.78, 5) is 16.7. The molecule has 0 aliphatic heterocycles. The molecule has 4 N–H and O–H groups in total. The van der Waals surface area contributed by atoms with E-state index in [9.17, 15) is 9.90 Å². The first-order valence-electron chi connectivity index (χ1n) is 9.65. The molecule has 158 valence electrons. The number of hydrogen-bond donors (Lipinski definition) is 4. The number of phenolic OH excluding ortho intramolecular Hbond substituents is 1. The van der Waals surface area contributed by atoms with Crippen molar-refractivity contribution in [3.63, 3.8) is 0 Å². The van der Waals surface area contributed by atoms with E-state index >= 15 is 0 Å². The number of aromatic hydroxyl groups is 1. The fraction of sp³-hybridized carbons (Fsp3) is 0.364. The lowest BCUT2D eigenvalue weighted by Crippen LogP contribution is -2.41. The van der Waals surface area contributed by atoms with Gasteiger partial charge in [-0.05, 0) is 43.7 Å². The number of aliphatic imine (C=N–C) groups is 1. The van der Waals surface area contributed by atoms with E-state index in [0.29, 0.717) is 31.1 Å². The van der Waals surface area contributed by atoms with Crippen molar-refractivity contribution in [3.8, 4) is 5.75 Å². The van der Waals surface area contributed by atoms with Crippen LogP contribution in [0.1, 0.15) is 41.3 Å². The Kier molecular flexibility index (Phi) is 11.1. The van der Waals surface area contributed by atoms with Gasteiger partial charge >= 0.3 is 0 Å². The maximum Gasteiger partial charge on any atom is 0.251 e. The van der Waals surface area contributed by atoms with Gasteiger partial charge in [-0.3, -0.25) is 9.79 Å². The first-order chi connectivity index (χ1) is 13.5. The van der Waals surface area contributed by atoms with Crippen LogP contribution in [0.2, 0.25) is 0 Å². The Balaban J connectivity index is 0.00000420. The monoisotopic (exact) mass is 510 g/mol. The molecule has 0 fully saturated rings. The van der Waals surface area contributed by atoms with Gasteiger partial charge < -0.3 is 21.1 Å².